The SMILES string of the molecule is CCNCc1ccc(Br)cc1Sc1ccc([N+](=O)[O-])cc1. The number of hydrogen-bond donors (Lipinski definition) is 1. The summed E-state index contributed by atoms with van der Waals surface area (Å²) in [5.41, 5.74) is 1.32. The van der Waals surface area contributed by atoms with Gasteiger partial charge in [0.25, 0.3) is 5.69 Å². The minimum absolute atomic E-state index is 0.112. The van der Waals surface area contributed by atoms with Gasteiger partial charge in [-0.1, -0.05) is 40.7 Å². The molecule has 2 aromatic carbocycles. The van der Waals surface area contributed by atoms with Crippen molar-refractivity contribution in [2.75, 3.05) is 6.54 Å². The Kier molecular flexibility index (Phi) is 5.78. The van der Waals surface area contributed by atoms with Crippen molar-refractivity contribution in [3.8, 4) is 0 Å². The van der Waals surface area contributed by atoms with Crippen LogP contribution < -0.4 is 5.32 Å². The summed E-state index contributed by atoms with van der Waals surface area (Å²) < 4.78 is 1.02. The van der Waals surface area contributed by atoms with Crippen LogP contribution in [0.15, 0.2) is 56.7 Å². The van der Waals surface area contributed by atoms with Crippen molar-refractivity contribution in [3.63, 3.8) is 0 Å². The lowest BCUT2D eigenvalue weighted by Gasteiger charge is -2.10. The van der Waals surface area contributed by atoms with Crippen LogP contribution >= 0.6 is 27.7 Å². The van der Waals surface area contributed by atoms with E-state index in [1.807, 2.05) is 6.07 Å². The number of halogens is 1. The standard InChI is InChI=1S/C15H15BrN2O2S/c1-2-17-10-11-3-4-12(16)9-15(11)21-14-7-5-13(6-8-14)18(19)20/h3-9,17H,2,10H2,1H3. The first kappa shape index (κ1) is 16.0. The molecule has 0 atom stereocenters. The van der Waals surface area contributed by atoms with Crippen LogP contribution in [0.2, 0.25) is 0 Å². The Bertz CT molecular complexity index is 632. The third-order valence-electron chi connectivity index (χ3n) is 2.87. The highest BCUT2D eigenvalue weighted by Gasteiger charge is 2.08. The van der Waals surface area contributed by atoms with Crippen LogP contribution in [-0.4, -0.2) is 11.5 Å². The minimum atomic E-state index is -0.385. The van der Waals surface area contributed by atoms with Crippen LogP contribution in [0.4, 0.5) is 5.69 Å². The van der Waals surface area contributed by atoms with Crippen LogP contribution in [0.1, 0.15) is 12.5 Å². The van der Waals surface area contributed by atoms with E-state index in [1.165, 1.54) is 17.7 Å². The number of rotatable bonds is 6. The van der Waals surface area contributed by atoms with Gasteiger partial charge >= 0.3 is 0 Å². The predicted octanol–water partition coefficient (Wildman–Crippen LogP) is 4.62. The summed E-state index contributed by atoms with van der Waals surface area (Å²) in [5.74, 6) is 0. The van der Waals surface area contributed by atoms with Crippen molar-refractivity contribution in [2.45, 2.75) is 23.3 Å². The van der Waals surface area contributed by atoms with E-state index in [-0.39, 0.29) is 10.6 Å². The summed E-state index contributed by atoms with van der Waals surface area (Å²) >= 11 is 5.09. The van der Waals surface area contributed by atoms with Gasteiger partial charge in [-0.2, -0.15) is 0 Å². The lowest BCUT2D eigenvalue weighted by Crippen LogP contribution is -2.12. The van der Waals surface area contributed by atoms with Gasteiger partial charge in [0.05, 0.1) is 4.92 Å². The second-order valence-electron chi connectivity index (χ2n) is 4.39. The van der Waals surface area contributed by atoms with Gasteiger partial charge in [0.1, 0.15) is 0 Å². The summed E-state index contributed by atoms with van der Waals surface area (Å²) in [5, 5.41) is 14.0. The zero-order valence-corrected chi connectivity index (χ0v) is 13.9. The third kappa shape index (κ3) is 4.56. The fourth-order valence-corrected chi connectivity index (χ4v) is 3.29. The molecule has 0 heterocycles. The molecule has 0 unspecified atom stereocenters. The largest absolute Gasteiger partial charge is 0.313 e. The number of nitro benzene ring substituents is 1. The van der Waals surface area contributed by atoms with Crippen LogP contribution in [0.3, 0.4) is 0 Å². The average Bonchev–Trinajstić information content (AvgIpc) is 2.47. The summed E-state index contributed by atoms with van der Waals surface area (Å²) in [6.45, 7) is 3.79. The molecule has 0 amide bonds. The fraction of sp³-hybridized carbons (Fsp3) is 0.200. The van der Waals surface area contributed by atoms with Gasteiger partial charge in [-0.25, -0.2) is 0 Å². The lowest BCUT2D eigenvalue weighted by molar-refractivity contribution is -0.384. The van der Waals surface area contributed by atoms with Crippen LogP contribution in [0, 0.1) is 10.1 Å². The number of nitro groups is 1. The van der Waals surface area contributed by atoms with Crippen molar-refractivity contribution in [3.05, 3.63) is 62.6 Å². The van der Waals surface area contributed by atoms with Crippen LogP contribution in [0.25, 0.3) is 0 Å². The van der Waals surface area contributed by atoms with E-state index in [0.29, 0.717) is 0 Å². The van der Waals surface area contributed by atoms with E-state index < -0.39 is 0 Å². The van der Waals surface area contributed by atoms with Crippen molar-refractivity contribution in [1.29, 1.82) is 0 Å². The molecule has 0 saturated carbocycles. The van der Waals surface area contributed by atoms with Crippen molar-refractivity contribution in [2.24, 2.45) is 0 Å². The number of non-ortho nitro benzene ring substituents is 1. The molecular weight excluding hydrogens is 352 g/mol. The van der Waals surface area contributed by atoms with Gasteiger partial charge in [0.15, 0.2) is 0 Å². The molecule has 4 nitrogen and oxygen atoms in total. The second-order valence-corrected chi connectivity index (χ2v) is 6.42. The Morgan fingerprint density at radius 2 is 1.95 bits per heavy atom. The molecule has 0 fully saturated rings. The summed E-state index contributed by atoms with van der Waals surface area (Å²) in [6.07, 6.45) is 0. The second kappa shape index (κ2) is 7.59. The molecule has 1 N–H and O–H groups in total. The maximum Gasteiger partial charge on any atom is 0.269 e. The maximum absolute atomic E-state index is 10.7. The Labute approximate surface area is 136 Å². The van der Waals surface area contributed by atoms with E-state index >= 15 is 0 Å². The van der Waals surface area contributed by atoms with Gasteiger partial charge in [-0.05, 0) is 36.4 Å². The van der Waals surface area contributed by atoms with Crippen LogP contribution in [-0.2, 0) is 6.54 Å². The Morgan fingerprint density at radius 1 is 1.24 bits per heavy atom. The van der Waals surface area contributed by atoms with Gasteiger partial charge in [0, 0.05) is 32.9 Å². The molecule has 0 aliphatic carbocycles. The molecule has 0 spiro atoms. The Hall–Kier alpha value is -1.37. The predicted molar refractivity (Wildman–Crippen MR) is 88.7 cm³/mol. The highest BCUT2D eigenvalue weighted by atomic mass is 79.9. The molecule has 0 aromatic heterocycles. The maximum atomic E-state index is 10.7. The Morgan fingerprint density at radius 3 is 2.57 bits per heavy atom. The zero-order chi connectivity index (χ0) is 15.2. The molecule has 21 heavy (non-hydrogen) atoms. The molecule has 0 radical (unpaired) electrons. The molecule has 2 aromatic rings. The van der Waals surface area contributed by atoms with E-state index in [4.69, 9.17) is 0 Å². The van der Waals surface area contributed by atoms with Crippen molar-refractivity contribution < 1.29 is 4.92 Å². The normalized spacial score (nSPS) is 10.6. The molecule has 0 saturated heterocycles. The molecular formula is C15H15BrN2O2S. The first-order chi connectivity index (χ1) is 10.1. The first-order valence-corrected chi connectivity index (χ1v) is 8.12. The molecule has 0 aliphatic heterocycles. The van der Waals surface area contributed by atoms with E-state index in [9.17, 15) is 10.1 Å². The van der Waals surface area contributed by atoms with Crippen molar-refractivity contribution >= 4 is 33.4 Å². The average molecular weight is 367 g/mol. The van der Waals surface area contributed by atoms with Crippen LogP contribution in [0.5, 0.6) is 0 Å². The van der Waals surface area contributed by atoms with Gasteiger partial charge < -0.3 is 5.32 Å². The number of nitrogens with one attached hydrogen (secondary N) is 1. The fourth-order valence-electron chi connectivity index (χ4n) is 1.79. The van der Waals surface area contributed by atoms with Gasteiger partial charge in [-0.15, -0.1) is 0 Å². The summed E-state index contributed by atoms with van der Waals surface area (Å²) in [7, 11) is 0. The van der Waals surface area contributed by atoms with Crippen molar-refractivity contribution in [1.82, 2.24) is 5.32 Å². The highest BCUT2D eigenvalue weighted by molar-refractivity contribution is 9.10. The topological polar surface area (TPSA) is 55.2 Å². The number of nitrogens with zero attached hydrogens (tertiary/aromatic N) is 1. The van der Waals surface area contributed by atoms with Gasteiger partial charge in [-0.3, -0.25) is 10.1 Å². The van der Waals surface area contributed by atoms with E-state index in [1.54, 1.807) is 23.9 Å². The molecule has 0 aliphatic rings. The van der Waals surface area contributed by atoms with E-state index in [2.05, 4.69) is 40.3 Å². The zero-order valence-electron chi connectivity index (χ0n) is 11.5. The minimum Gasteiger partial charge on any atom is -0.313 e. The molecule has 6 heteroatoms. The van der Waals surface area contributed by atoms with Gasteiger partial charge in [0.2, 0.25) is 0 Å². The smallest absolute Gasteiger partial charge is 0.269 e. The third-order valence-corrected chi connectivity index (χ3v) is 4.47. The highest BCUT2D eigenvalue weighted by Crippen LogP contribution is 2.33. The lowest BCUT2D eigenvalue weighted by atomic mass is 10.2. The summed E-state index contributed by atoms with van der Waals surface area (Å²) in [4.78, 5) is 12.4. The first-order valence-electron chi connectivity index (χ1n) is 6.51. The Balaban J connectivity index is 2.21. The number of hydrogen-bond acceptors (Lipinski definition) is 4. The quantitative estimate of drug-likeness (QED) is 0.598. The monoisotopic (exact) mass is 366 g/mol. The molecule has 2 rings (SSSR count). The molecule has 0 bridgehead atoms. The summed E-state index contributed by atoms with van der Waals surface area (Å²) in [6, 6.07) is 12.8. The van der Waals surface area contributed by atoms with E-state index in [0.717, 1.165) is 27.4 Å². The number of benzene rings is 2. The molecule has 110 valence electrons.